The zero-order valence-electron chi connectivity index (χ0n) is 11.7. The Hall–Kier alpha value is -1.71. The van der Waals surface area contributed by atoms with Crippen LogP contribution in [0.5, 0.6) is 0 Å². The van der Waals surface area contributed by atoms with Crippen LogP contribution in [0, 0.1) is 0 Å². The van der Waals surface area contributed by atoms with E-state index in [1.807, 2.05) is 6.07 Å². The molecule has 0 saturated carbocycles. The number of benzene rings is 1. The van der Waals surface area contributed by atoms with E-state index in [0.29, 0.717) is 0 Å². The predicted molar refractivity (Wildman–Crippen MR) is 73.5 cm³/mol. The van der Waals surface area contributed by atoms with Gasteiger partial charge in [-0.1, -0.05) is 30.3 Å². The molecular weight excluding hydrogens is 294 g/mol. The molecule has 0 aliphatic carbocycles. The summed E-state index contributed by atoms with van der Waals surface area (Å²) in [6.45, 7) is -0.547. The second-order valence-electron chi connectivity index (χ2n) is 4.96. The first-order chi connectivity index (χ1) is 10.5. The van der Waals surface area contributed by atoms with Crippen LogP contribution in [0.25, 0.3) is 0 Å². The van der Waals surface area contributed by atoms with E-state index in [1.165, 1.54) is 0 Å². The number of alkyl carbamates (subject to hydrolysis) is 1. The first kappa shape index (κ1) is 16.7. The molecule has 1 saturated heterocycles. The smallest absolute Gasteiger partial charge is 0.407 e. The lowest BCUT2D eigenvalue weighted by Gasteiger charge is -2.39. The van der Waals surface area contributed by atoms with Gasteiger partial charge in [-0.2, -0.15) is 0 Å². The number of carbonyl (C=O) groups excluding carboxylic acids is 1. The van der Waals surface area contributed by atoms with Crippen LogP contribution in [-0.2, 0) is 16.1 Å². The summed E-state index contributed by atoms with van der Waals surface area (Å²) in [4.78, 5) is 11.7. The van der Waals surface area contributed by atoms with Crippen LogP contribution in [0.3, 0.4) is 0 Å². The molecule has 0 bridgehead atoms. The van der Waals surface area contributed by atoms with Crippen molar-refractivity contribution in [3.63, 3.8) is 0 Å². The highest BCUT2D eigenvalue weighted by Crippen LogP contribution is 2.19. The second kappa shape index (κ2) is 7.52. The van der Waals surface area contributed by atoms with Gasteiger partial charge in [0.15, 0.2) is 6.29 Å². The van der Waals surface area contributed by atoms with Gasteiger partial charge in [-0.15, -0.1) is 0 Å². The fourth-order valence-corrected chi connectivity index (χ4v) is 2.15. The third-order valence-electron chi connectivity index (χ3n) is 3.40. The van der Waals surface area contributed by atoms with Crippen molar-refractivity contribution in [2.45, 2.75) is 37.3 Å². The summed E-state index contributed by atoms with van der Waals surface area (Å²) in [5.41, 5.74) is 0.777. The molecule has 0 aromatic heterocycles. The molecule has 0 spiro atoms. The Morgan fingerprint density at radius 2 is 1.86 bits per heavy atom. The number of ether oxygens (including phenoxy) is 2. The van der Waals surface area contributed by atoms with Gasteiger partial charge in [-0.25, -0.2) is 4.79 Å². The molecule has 1 aromatic rings. The predicted octanol–water partition coefficient (Wildman–Crippen LogP) is -1.29. The van der Waals surface area contributed by atoms with Gasteiger partial charge in [-0.3, -0.25) is 0 Å². The van der Waals surface area contributed by atoms with E-state index in [9.17, 15) is 20.1 Å². The standard InChI is InChI=1S/C14H19NO7/c16-6-9-11(17)12(18)10(13(19)22-9)15-14(20)21-7-8-4-2-1-3-5-8/h1-5,9-13,16-19H,6-7H2,(H,15,20)/t9?,10?,11-,12-,13-/m1/s1. The van der Waals surface area contributed by atoms with E-state index in [-0.39, 0.29) is 6.61 Å². The normalized spacial score (nSPS) is 31.5. The maximum absolute atomic E-state index is 11.7. The van der Waals surface area contributed by atoms with Crippen LogP contribution in [0.4, 0.5) is 4.79 Å². The summed E-state index contributed by atoms with van der Waals surface area (Å²) in [5.74, 6) is 0. The molecular formula is C14H19NO7. The summed E-state index contributed by atoms with van der Waals surface area (Å²) in [6.07, 6.45) is -6.49. The summed E-state index contributed by atoms with van der Waals surface area (Å²) >= 11 is 0. The molecule has 0 radical (unpaired) electrons. The molecule has 122 valence electrons. The Labute approximate surface area is 126 Å². The number of aliphatic hydroxyl groups excluding tert-OH is 4. The fourth-order valence-electron chi connectivity index (χ4n) is 2.15. The lowest BCUT2D eigenvalue weighted by molar-refractivity contribution is -0.253. The summed E-state index contributed by atoms with van der Waals surface area (Å²) in [5, 5.41) is 40.5. The van der Waals surface area contributed by atoms with E-state index in [4.69, 9.17) is 14.6 Å². The van der Waals surface area contributed by atoms with Crippen LogP contribution in [0.2, 0.25) is 0 Å². The number of carbonyl (C=O) groups is 1. The molecule has 2 unspecified atom stereocenters. The molecule has 8 heteroatoms. The number of hydrogen-bond donors (Lipinski definition) is 5. The number of amides is 1. The summed E-state index contributed by atoms with van der Waals surface area (Å²) < 4.78 is 9.88. The van der Waals surface area contributed by atoms with Crippen molar-refractivity contribution in [1.82, 2.24) is 5.32 Å². The zero-order valence-corrected chi connectivity index (χ0v) is 11.7. The van der Waals surface area contributed by atoms with Gasteiger partial charge in [0.05, 0.1) is 6.61 Å². The van der Waals surface area contributed by atoms with Gasteiger partial charge in [0, 0.05) is 0 Å². The Balaban J connectivity index is 1.87. The van der Waals surface area contributed by atoms with Crippen LogP contribution >= 0.6 is 0 Å². The lowest BCUT2D eigenvalue weighted by atomic mass is 9.97. The van der Waals surface area contributed by atoms with Crippen molar-refractivity contribution >= 4 is 6.09 Å². The molecule has 2 rings (SSSR count). The number of hydrogen-bond acceptors (Lipinski definition) is 7. The minimum Gasteiger partial charge on any atom is -0.445 e. The number of rotatable bonds is 4. The molecule has 22 heavy (non-hydrogen) atoms. The van der Waals surface area contributed by atoms with Crippen LogP contribution < -0.4 is 5.32 Å². The lowest BCUT2D eigenvalue weighted by Crippen LogP contribution is -2.64. The average Bonchev–Trinajstić information content (AvgIpc) is 2.54. The average molecular weight is 313 g/mol. The quantitative estimate of drug-likeness (QED) is 0.468. The Morgan fingerprint density at radius 3 is 2.50 bits per heavy atom. The van der Waals surface area contributed by atoms with E-state index >= 15 is 0 Å². The van der Waals surface area contributed by atoms with Gasteiger partial charge in [0.2, 0.25) is 0 Å². The van der Waals surface area contributed by atoms with Crippen molar-refractivity contribution in [2.24, 2.45) is 0 Å². The molecule has 1 aromatic carbocycles. The van der Waals surface area contributed by atoms with Gasteiger partial charge < -0.3 is 35.2 Å². The maximum Gasteiger partial charge on any atom is 0.407 e. The van der Waals surface area contributed by atoms with Crippen molar-refractivity contribution in [3.8, 4) is 0 Å². The van der Waals surface area contributed by atoms with Gasteiger partial charge in [0.1, 0.15) is 31.0 Å². The number of aliphatic hydroxyl groups is 4. The highest BCUT2D eigenvalue weighted by Gasteiger charge is 2.44. The Morgan fingerprint density at radius 1 is 1.18 bits per heavy atom. The molecule has 1 fully saturated rings. The molecule has 8 nitrogen and oxygen atoms in total. The molecule has 1 amide bonds. The Kier molecular flexibility index (Phi) is 5.69. The van der Waals surface area contributed by atoms with Gasteiger partial charge >= 0.3 is 6.09 Å². The third kappa shape index (κ3) is 3.93. The minimum absolute atomic E-state index is 0.0221. The van der Waals surface area contributed by atoms with Crippen LogP contribution in [0.1, 0.15) is 5.56 Å². The fraction of sp³-hybridized carbons (Fsp3) is 0.500. The summed E-state index contributed by atoms with van der Waals surface area (Å²) in [7, 11) is 0. The van der Waals surface area contributed by atoms with Crippen molar-refractivity contribution in [2.75, 3.05) is 6.61 Å². The highest BCUT2D eigenvalue weighted by molar-refractivity contribution is 5.67. The van der Waals surface area contributed by atoms with E-state index < -0.39 is 43.3 Å². The monoisotopic (exact) mass is 313 g/mol. The minimum atomic E-state index is -1.57. The second-order valence-corrected chi connectivity index (χ2v) is 4.96. The zero-order chi connectivity index (χ0) is 16.1. The van der Waals surface area contributed by atoms with E-state index in [2.05, 4.69) is 5.32 Å². The van der Waals surface area contributed by atoms with Crippen LogP contribution in [-0.4, -0.2) is 63.8 Å². The van der Waals surface area contributed by atoms with Gasteiger partial charge in [0.25, 0.3) is 0 Å². The first-order valence-electron chi connectivity index (χ1n) is 6.80. The SMILES string of the molecule is O=C(NC1[C@H](O)OC(CO)[C@@H](O)[C@@H]1O)OCc1ccccc1. The van der Waals surface area contributed by atoms with Crippen molar-refractivity contribution in [3.05, 3.63) is 35.9 Å². The summed E-state index contributed by atoms with van der Waals surface area (Å²) in [6, 6.07) is 7.71. The largest absolute Gasteiger partial charge is 0.445 e. The number of nitrogens with one attached hydrogen (secondary N) is 1. The van der Waals surface area contributed by atoms with E-state index in [1.54, 1.807) is 24.3 Å². The topological polar surface area (TPSA) is 128 Å². The maximum atomic E-state index is 11.7. The van der Waals surface area contributed by atoms with Crippen molar-refractivity contribution in [1.29, 1.82) is 0 Å². The van der Waals surface area contributed by atoms with Gasteiger partial charge in [-0.05, 0) is 5.56 Å². The molecule has 1 heterocycles. The van der Waals surface area contributed by atoms with E-state index in [0.717, 1.165) is 5.56 Å². The third-order valence-corrected chi connectivity index (χ3v) is 3.40. The highest BCUT2D eigenvalue weighted by atomic mass is 16.6. The Bertz CT molecular complexity index is 483. The first-order valence-corrected chi connectivity index (χ1v) is 6.80. The van der Waals surface area contributed by atoms with Crippen LogP contribution in [0.15, 0.2) is 30.3 Å². The molecule has 5 N–H and O–H groups in total. The molecule has 1 aliphatic heterocycles. The van der Waals surface area contributed by atoms with Crippen molar-refractivity contribution < 1.29 is 34.7 Å². The molecule has 5 atom stereocenters. The molecule has 1 aliphatic rings.